The molecule has 3 atom stereocenters. The van der Waals surface area contributed by atoms with Crippen molar-refractivity contribution < 1.29 is 14.6 Å². The molecule has 2 saturated heterocycles. The van der Waals surface area contributed by atoms with E-state index in [2.05, 4.69) is 13.8 Å². The van der Waals surface area contributed by atoms with Crippen LogP contribution in [0, 0.1) is 0 Å². The van der Waals surface area contributed by atoms with Crippen LogP contribution in [0.5, 0.6) is 0 Å². The highest BCUT2D eigenvalue weighted by molar-refractivity contribution is 4.93. The Hall–Kier alpha value is -0.120. The monoisotopic (exact) mass is 200 g/mol. The first-order chi connectivity index (χ1) is 6.60. The van der Waals surface area contributed by atoms with E-state index in [9.17, 15) is 5.11 Å². The SMILES string of the molecule is CC1CC2(CC(O)CCO2)CC(C)O1. The molecule has 0 saturated carbocycles. The average Bonchev–Trinajstić information content (AvgIpc) is 1.99. The molecule has 1 N–H and O–H groups in total. The summed E-state index contributed by atoms with van der Waals surface area (Å²) in [5.41, 5.74) is -0.102. The molecule has 0 radical (unpaired) electrons. The summed E-state index contributed by atoms with van der Waals surface area (Å²) in [6.45, 7) is 4.87. The van der Waals surface area contributed by atoms with Crippen molar-refractivity contribution in [1.82, 2.24) is 0 Å². The van der Waals surface area contributed by atoms with E-state index in [0.29, 0.717) is 6.61 Å². The molecule has 2 fully saturated rings. The molecule has 0 amide bonds. The third-order valence-electron chi connectivity index (χ3n) is 3.25. The van der Waals surface area contributed by atoms with E-state index in [4.69, 9.17) is 9.47 Å². The Balaban J connectivity index is 2.05. The van der Waals surface area contributed by atoms with Gasteiger partial charge in [-0.1, -0.05) is 0 Å². The van der Waals surface area contributed by atoms with Crippen LogP contribution in [0.1, 0.15) is 39.5 Å². The molecular formula is C11H20O3. The number of aliphatic hydroxyl groups is 1. The predicted molar refractivity (Wildman–Crippen MR) is 53.2 cm³/mol. The highest BCUT2D eigenvalue weighted by atomic mass is 16.5. The number of hydrogen-bond donors (Lipinski definition) is 1. The highest BCUT2D eigenvalue weighted by Gasteiger charge is 2.42. The van der Waals surface area contributed by atoms with E-state index in [1.54, 1.807) is 0 Å². The average molecular weight is 200 g/mol. The number of ether oxygens (including phenoxy) is 2. The van der Waals surface area contributed by atoms with Gasteiger partial charge < -0.3 is 14.6 Å². The Morgan fingerprint density at radius 1 is 1.14 bits per heavy atom. The minimum absolute atomic E-state index is 0.102. The Labute approximate surface area is 85.4 Å². The molecule has 0 aliphatic carbocycles. The van der Waals surface area contributed by atoms with Gasteiger partial charge in [0.05, 0.1) is 23.9 Å². The molecule has 2 heterocycles. The van der Waals surface area contributed by atoms with Crippen molar-refractivity contribution in [3.05, 3.63) is 0 Å². The maximum absolute atomic E-state index is 9.68. The van der Waals surface area contributed by atoms with Crippen LogP contribution in [0.2, 0.25) is 0 Å². The van der Waals surface area contributed by atoms with Crippen LogP contribution in [-0.4, -0.2) is 35.6 Å². The quantitative estimate of drug-likeness (QED) is 0.643. The number of hydrogen-bond acceptors (Lipinski definition) is 3. The van der Waals surface area contributed by atoms with Crippen molar-refractivity contribution in [3.8, 4) is 0 Å². The van der Waals surface area contributed by atoms with Crippen molar-refractivity contribution in [2.24, 2.45) is 0 Å². The normalized spacial score (nSPS) is 49.5. The molecule has 2 aliphatic heterocycles. The summed E-state index contributed by atoms with van der Waals surface area (Å²) in [6, 6.07) is 0. The van der Waals surface area contributed by atoms with Gasteiger partial charge in [-0.25, -0.2) is 0 Å². The summed E-state index contributed by atoms with van der Waals surface area (Å²) < 4.78 is 11.6. The van der Waals surface area contributed by atoms with Crippen LogP contribution in [0.15, 0.2) is 0 Å². The number of aliphatic hydroxyl groups excluding tert-OH is 1. The van der Waals surface area contributed by atoms with Gasteiger partial charge in [0.15, 0.2) is 0 Å². The van der Waals surface area contributed by atoms with Gasteiger partial charge in [-0.2, -0.15) is 0 Å². The smallest absolute Gasteiger partial charge is 0.0756 e. The molecule has 2 aliphatic rings. The van der Waals surface area contributed by atoms with Gasteiger partial charge in [0.2, 0.25) is 0 Å². The van der Waals surface area contributed by atoms with E-state index >= 15 is 0 Å². The molecule has 14 heavy (non-hydrogen) atoms. The molecule has 82 valence electrons. The van der Waals surface area contributed by atoms with Gasteiger partial charge in [-0.15, -0.1) is 0 Å². The summed E-state index contributed by atoms with van der Waals surface area (Å²) >= 11 is 0. The lowest BCUT2D eigenvalue weighted by Crippen LogP contribution is -2.50. The summed E-state index contributed by atoms with van der Waals surface area (Å²) in [5.74, 6) is 0. The fourth-order valence-corrected chi connectivity index (χ4v) is 2.91. The zero-order valence-electron chi connectivity index (χ0n) is 9.03. The summed E-state index contributed by atoms with van der Waals surface area (Å²) in [5, 5.41) is 9.68. The Morgan fingerprint density at radius 3 is 2.36 bits per heavy atom. The summed E-state index contributed by atoms with van der Waals surface area (Å²) in [7, 11) is 0. The molecule has 3 heteroatoms. The fourth-order valence-electron chi connectivity index (χ4n) is 2.91. The van der Waals surface area contributed by atoms with E-state index in [0.717, 1.165) is 25.7 Å². The lowest BCUT2D eigenvalue weighted by Gasteiger charge is -2.46. The molecule has 1 spiro atoms. The zero-order valence-corrected chi connectivity index (χ0v) is 9.03. The molecule has 3 unspecified atom stereocenters. The topological polar surface area (TPSA) is 38.7 Å². The highest BCUT2D eigenvalue weighted by Crippen LogP contribution is 2.38. The van der Waals surface area contributed by atoms with E-state index in [1.165, 1.54) is 0 Å². The van der Waals surface area contributed by atoms with Gasteiger partial charge in [-0.3, -0.25) is 0 Å². The van der Waals surface area contributed by atoms with Crippen LogP contribution in [0.4, 0.5) is 0 Å². The van der Waals surface area contributed by atoms with Crippen LogP contribution in [0.3, 0.4) is 0 Å². The first kappa shape index (κ1) is 10.4. The molecule has 0 aromatic heterocycles. The van der Waals surface area contributed by atoms with E-state index in [1.807, 2.05) is 0 Å². The van der Waals surface area contributed by atoms with Crippen molar-refractivity contribution in [1.29, 1.82) is 0 Å². The maximum atomic E-state index is 9.68. The second-order valence-corrected chi connectivity index (χ2v) is 4.84. The standard InChI is InChI=1S/C11H20O3/c1-8-5-11(6-9(2)14-8)7-10(12)3-4-13-11/h8-10,12H,3-7H2,1-2H3. The van der Waals surface area contributed by atoms with E-state index in [-0.39, 0.29) is 23.9 Å². The zero-order chi connectivity index (χ0) is 10.2. The second kappa shape index (κ2) is 3.80. The van der Waals surface area contributed by atoms with Crippen LogP contribution >= 0.6 is 0 Å². The van der Waals surface area contributed by atoms with Crippen molar-refractivity contribution in [3.63, 3.8) is 0 Å². The van der Waals surface area contributed by atoms with Gasteiger partial charge >= 0.3 is 0 Å². The van der Waals surface area contributed by atoms with Crippen molar-refractivity contribution in [2.75, 3.05) is 6.61 Å². The predicted octanol–water partition coefficient (Wildman–Crippen LogP) is 1.48. The van der Waals surface area contributed by atoms with Crippen LogP contribution < -0.4 is 0 Å². The van der Waals surface area contributed by atoms with Crippen LogP contribution in [0.25, 0.3) is 0 Å². The molecule has 0 bridgehead atoms. The van der Waals surface area contributed by atoms with Crippen LogP contribution in [-0.2, 0) is 9.47 Å². The Morgan fingerprint density at radius 2 is 1.79 bits per heavy atom. The van der Waals surface area contributed by atoms with Gasteiger partial charge in [-0.05, 0) is 20.3 Å². The minimum atomic E-state index is -0.179. The van der Waals surface area contributed by atoms with E-state index < -0.39 is 0 Å². The third kappa shape index (κ3) is 2.10. The molecular weight excluding hydrogens is 180 g/mol. The molecule has 3 nitrogen and oxygen atoms in total. The second-order valence-electron chi connectivity index (χ2n) is 4.84. The summed E-state index contributed by atoms with van der Waals surface area (Å²) in [6.07, 6.45) is 3.74. The minimum Gasteiger partial charge on any atom is -0.393 e. The molecule has 0 aromatic carbocycles. The first-order valence-corrected chi connectivity index (χ1v) is 5.57. The Kier molecular flexibility index (Phi) is 2.82. The first-order valence-electron chi connectivity index (χ1n) is 5.57. The molecule has 0 aromatic rings. The third-order valence-corrected chi connectivity index (χ3v) is 3.25. The molecule has 2 rings (SSSR count). The number of rotatable bonds is 0. The lowest BCUT2D eigenvalue weighted by atomic mass is 9.81. The van der Waals surface area contributed by atoms with Gasteiger partial charge in [0.1, 0.15) is 0 Å². The largest absolute Gasteiger partial charge is 0.393 e. The van der Waals surface area contributed by atoms with Crippen molar-refractivity contribution >= 4 is 0 Å². The Bertz CT molecular complexity index is 189. The summed E-state index contributed by atoms with van der Waals surface area (Å²) in [4.78, 5) is 0. The van der Waals surface area contributed by atoms with Gasteiger partial charge in [0.25, 0.3) is 0 Å². The lowest BCUT2D eigenvalue weighted by molar-refractivity contribution is -0.193. The van der Waals surface area contributed by atoms with Gasteiger partial charge in [0, 0.05) is 25.9 Å². The fraction of sp³-hybridized carbons (Fsp3) is 1.00. The van der Waals surface area contributed by atoms with Crippen molar-refractivity contribution in [2.45, 2.75) is 63.4 Å². The maximum Gasteiger partial charge on any atom is 0.0756 e.